The molecule has 12 heteroatoms. The predicted octanol–water partition coefficient (Wildman–Crippen LogP) is 2.48. The molecule has 228 valence electrons. The van der Waals surface area contributed by atoms with Gasteiger partial charge in [0.1, 0.15) is 6.61 Å². The molecule has 5 atom stereocenters. The Balaban J connectivity index is 1.70. The summed E-state index contributed by atoms with van der Waals surface area (Å²) in [6.45, 7) is 5.85. The largest absolute Gasteiger partial charge is 0.453 e. The lowest BCUT2D eigenvalue weighted by atomic mass is 9.95. The third kappa shape index (κ3) is 10.4. The lowest BCUT2D eigenvalue weighted by molar-refractivity contribution is -0.275. The van der Waals surface area contributed by atoms with E-state index in [1.807, 2.05) is 30.3 Å². The van der Waals surface area contributed by atoms with Gasteiger partial charge in [0.15, 0.2) is 18.5 Å². The van der Waals surface area contributed by atoms with Crippen molar-refractivity contribution in [3.05, 3.63) is 71.8 Å². The van der Waals surface area contributed by atoms with Gasteiger partial charge in [0.05, 0.1) is 36.3 Å². The molecule has 0 saturated carbocycles. The number of ether oxygens (including phenoxy) is 5. The Morgan fingerprint density at radius 3 is 2.21 bits per heavy atom. The number of alkyl carbamates (subject to hydrolysis) is 1. The van der Waals surface area contributed by atoms with Crippen LogP contribution in [0.2, 0.25) is 0 Å². The summed E-state index contributed by atoms with van der Waals surface area (Å²) in [6.07, 6.45) is -5.36. The molecule has 2 aromatic carbocycles. The fraction of sp³-hybridized carbons (Fsp3) is 0.467. The van der Waals surface area contributed by atoms with Crippen LogP contribution in [-0.2, 0) is 39.9 Å². The first-order chi connectivity index (χ1) is 19.9. The van der Waals surface area contributed by atoms with Crippen LogP contribution in [0.5, 0.6) is 0 Å². The Labute approximate surface area is 244 Å². The van der Waals surface area contributed by atoms with Crippen molar-refractivity contribution in [2.45, 2.75) is 77.0 Å². The van der Waals surface area contributed by atoms with Crippen LogP contribution < -0.4 is 10.6 Å². The fourth-order valence-corrected chi connectivity index (χ4v) is 4.29. The quantitative estimate of drug-likeness (QED) is 0.192. The molecule has 0 aromatic heterocycles. The van der Waals surface area contributed by atoms with Crippen LogP contribution in [-0.4, -0.2) is 78.4 Å². The summed E-state index contributed by atoms with van der Waals surface area (Å²) >= 11 is 0. The summed E-state index contributed by atoms with van der Waals surface area (Å²) in [6, 6.07) is 16.4. The Hall–Kier alpha value is -4.00. The van der Waals surface area contributed by atoms with Crippen molar-refractivity contribution in [2.75, 3.05) is 13.2 Å². The van der Waals surface area contributed by atoms with Gasteiger partial charge in [-0.25, -0.2) is 9.59 Å². The van der Waals surface area contributed by atoms with Crippen molar-refractivity contribution >= 4 is 23.9 Å². The molecule has 0 radical (unpaired) electrons. The molecule has 0 spiro atoms. The minimum Gasteiger partial charge on any atom is -0.453 e. The third-order valence-corrected chi connectivity index (χ3v) is 6.14. The maximum Gasteiger partial charge on any atom is 0.407 e. The van der Waals surface area contributed by atoms with Crippen LogP contribution >= 0.6 is 0 Å². The van der Waals surface area contributed by atoms with Crippen LogP contribution in [0.1, 0.15) is 50.0 Å². The van der Waals surface area contributed by atoms with Gasteiger partial charge in [-0.05, 0) is 38.5 Å². The first-order valence-electron chi connectivity index (χ1n) is 13.6. The molecule has 0 unspecified atom stereocenters. The predicted molar refractivity (Wildman–Crippen MR) is 149 cm³/mol. The zero-order valence-electron chi connectivity index (χ0n) is 24.1. The van der Waals surface area contributed by atoms with Crippen LogP contribution in [0.25, 0.3) is 0 Å². The minimum absolute atomic E-state index is 0.0366. The monoisotopic (exact) mass is 586 g/mol. The second kappa shape index (κ2) is 15.3. The van der Waals surface area contributed by atoms with Gasteiger partial charge in [0.25, 0.3) is 0 Å². The molecule has 42 heavy (non-hydrogen) atoms. The smallest absolute Gasteiger partial charge is 0.407 e. The number of esters is 2. The number of rotatable bonds is 12. The molecule has 3 rings (SSSR count). The number of hydrogen-bond donors (Lipinski definition) is 3. The van der Waals surface area contributed by atoms with Crippen molar-refractivity contribution in [1.82, 2.24) is 10.6 Å². The van der Waals surface area contributed by atoms with Gasteiger partial charge in [-0.3, -0.25) is 9.59 Å². The van der Waals surface area contributed by atoms with E-state index in [0.29, 0.717) is 0 Å². The molecule has 0 aliphatic carbocycles. The van der Waals surface area contributed by atoms with E-state index < -0.39 is 60.2 Å². The molecule has 1 aliphatic rings. The van der Waals surface area contributed by atoms with Crippen molar-refractivity contribution in [3.63, 3.8) is 0 Å². The zero-order valence-corrected chi connectivity index (χ0v) is 24.1. The van der Waals surface area contributed by atoms with Gasteiger partial charge in [0.2, 0.25) is 5.91 Å². The molecule has 2 aromatic rings. The summed E-state index contributed by atoms with van der Waals surface area (Å²) in [5.74, 6) is -1.94. The van der Waals surface area contributed by atoms with E-state index in [-0.39, 0.29) is 31.7 Å². The molecular formula is C30H38N2O10. The Morgan fingerprint density at radius 1 is 0.952 bits per heavy atom. The number of nitrogens with one attached hydrogen (secondary N) is 2. The molecule has 2 amide bonds. The first-order valence-corrected chi connectivity index (χ1v) is 13.6. The summed E-state index contributed by atoms with van der Waals surface area (Å²) in [5, 5.41) is 15.4. The van der Waals surface area contributed by atoms with E-state index in [4.69, 9.17) is 23.7 Å². The summed E-state index contributed by atoms with van der Waals surface area (Å²) in [5.41, 5.74) is -0.219. The molecular weight excluding hydrogens is 548 g/mol. The highest BCUT2D eigenvalue weighted by Crippen LogP contribution is 2.28. The molecule has 3 N–H and O–H groups in total. The highest BCUT2D eigenvalue weighted by molar-refractivity contribution is 5.89. The highest BCUT2D eigenvalue weighted by Gasteiger charge is 2.50. The number of carbonyl (C=O) groups excluding carboxylic acids is 4. The van der Waals surface area contributed by atoms with E-state index in [0.717, 1.165) is 5.56 Å². The van der Waals surface area contributed by atoms with E-state index in [2.05, 4.69) is 10.6 Å². The molecule has 12 nitrogen and oxygen atoms in total. The molecule has 0 bridgehead atoms. The van der Waals surface area contributed by atoms with E-state index in [1.54, 1.807) is 37.3 Å². The number of amides is 2. The maximum absolute atomic E-state index is 13.1. The Morgan fingerprint density at radius 2 is 1.60 bits per heavy atom. The van der Waals surface area contributed by atoms with Gasteiger partial charge < -0.3 is 39.4 Å². The SMILES string of the molecule is CC(=O)O[C@H]1[C@H](OCCNC(=O)OCc2ccccc2)O[C@H](C)[C@@H](NC(=O)CC(C)(C)O)[C@@H]1OC(=O)c1ccccc1. The van der Waals surface area contributed by atoms with Gasteiger partial charge in [-0.15, -0.1) is 0 Å². The van der Waals surface area contributed by atoms with Crippen molar-refractivity contribution in [1.29, 1.82) is 0 Å². The number of hydrogen-bond acceptors (Lipinski definition) is 10. The number of carbonyl (C=O) groups is 4. The average Bonchev–Trinajstić information content (AvgIpc) is 2.93. The van der Waals surface area contributed by atoms with Crippen LogP contribution in [0.4, 0.5) is 4.79 Å². The van der Waals surface area contributed by atoms with Gasteiger partial charge >= 0.3 is 18.0 Å². The molecule has 1 fully saturated rings. The minimum atomic E-state index is -1.30. The van der Waals surface area contributed by atoms with Gasteiger partial charge in [0, 0.05) is 13.5 Å². The van der Waals surface area contributed by atoms with Crippen LogP contribution in [0.3, 0.4) is 0 Å². The average molecular weight is 587 g/mol. The zero-order chi connectivity index (χ0) is 30.7. The number of aliphatic hydroxyl groups is 1. The van der Waals surface area contributed by atoms with Crippen molar-refractivity contribution < 1.29 is 48.0 Å². The molecule has 1 heterocycles. The van der Waals surface area contributed by atoms with Gasteiger partial charge in [-0.1, -0.05) is 48.5 Å². The van der Waals surface area contributed by atoms with Crippen molar-refractivity contribution in [3.8, 4) is 0 Å². The fourth-order valence-electron chi connectivity index (χ4n) is 4.29. The van der Waals surface area contributed by atoms with E-state index >= 15 is 0 Å². The normalized spacial score (nSPS) is 22.0. The van der Waals surface area contributed by atoms with Crippen LogP contribution in [0, 0.1) is 0 Å². The standard InChI is InChI=1S/C30H38N2O10/c1-19-24(32-23(34)17-30(3,4)37)25(42-27(35)22-13-9-6-10-14-22)26(41-20(2)33)28(40-19)38-16-15-31-29(36)39-18-21-11-7-5-8-12-21/h5-14,19,24-26,28,37H,15-18H2,1-4H3,(H,31,36)(H,32,34)/t19-,24-,25+,26-,28-/m1/s1. The summed E-state index contributed by atoms with van der Waals surface area (Å²) in [4.78, 5) is 50.0. The van der Waals surface area contributed by atoms with Crippen molar-refractivity contribution in [2.24, 2.45) is 0 Å². The Bertz CT molecular complexity index is 1190. The summed E-state index contributed by atoms with van der Waals surface area (Å²) in [7, 11) is 0. The maximum atomic E-state index is 13.1. The lowest BCUT2D eigenvalue weighted by Crippen LogP contribution is -2.65. The Kier molecular flexibility index (Phi) is 11.8. The topological polar surface area (TPSA) is 159 Å². The van der Waals surface area contributed by atoms with Gasteiger partial charge in [-0.2, -0.15) is 0 Å². The second-order valence-corrected chi connectivity index (χ2v) is 10.5. The highest BCUT2D eigenvalue weighted by atomic mass is 16.7. The first kappa shape index (κ1) is 32.5. The van der Waals surface area contributed by atoms with E-state index in [1.165, 1.54) is 20.8 Å². The molecule has 1 saturated heterocycles. The number of benzene rings is 2. The van der Waals surface area contributed by atoms with Crippen LogP contribution in [0.15, 0.2) is 60.7 Å². The summed E-state index contributed by atoms with van der Waals surface area (Å²) < 4.78 is 28.3. The molecule has 1 aliphatic heterocycles. The second-order valence-electron chi connectivity index (χ2n) is 10.5. The third-order valence-electron chi connectivity index (χ3n) is 6.14. The lowest BCUT2D eigenvalue weighted by Gasteiger charge is -2.44. The van der Waals surface area contributed by atoms with E-state index in [9.17, 15) is 24.3 Å².